The van der Waals surface area contributed by atoms with E-state index in [4.69, 9.17) is 5.21 Å². The van der Waals surface area contributed by atoms with Crippen molar-refractivity contribution < 1.29 is 5.21 Å². The Morgan fingerprint density at radius 3 is 2.50 bits per heavy atom. The van der Waals surface area contributed by atoms with Gasteiger partial charge in [0.05, 0.1) is 0 Å². The normalized spacial score (nSPS) is 29.3. The van der Waals surface area contributed by atoms with Crippen molar-refractivity contribution in [3.63, 3.8) is 0 Å². The van der Waals surface area contributed by atoms with Crippen molar-refractivity contribution in [1.82, 2.24) is 0 Å². The molecular weight excluding hydrogens is 174 g/mol. The van der Waals surface area contributed by atoms with Crippen molar-refractivity contribution in [3.8, 4) is 0 Å². The van der Waals surface area contributed by atoms with E-state index < -0.39 is 0 Å². The van der Waals surface area contributed by atoms with Crippen LogP contribution >= 0.6 is 0 Å². The van der Waals surface area contributed by atoms with Gasteiger partial charge in [-0.25, -0.2) is 0 Å². The number of hydrogen-bond donors (Lipinski definition) is 1. The topological polar surface area (TPSA) is 32.6 Å². The zero-order chi connectivity index (χ0) is 10.2. The lowest BCUT2D eigenvalue weighted by Gasteiger charge is -2.01. The Kier molecular flexibility index (Phi) is 2.06. The van der Waals surface area contributed by atoms with Crippen LogP contribution in [0.2, 0.25) is 0 Å². The molecule has 1 aromatic carbocycles. The molecule has 0 amide bonds. The third-order valence-electron chi connectivity index (χ3n) is 3.30. The predicted molar refractivity (Wildman–Crippen MR) is 56.7 cm³/mol. The van der Waals surface area contributed by atoms with Crippen LogP contribution in [0.3, 0.4) is 0 Å². The molecule has 2 atom stereocenters. The van der Waals surface area contributed by atoms with Gasteiger partial charge in [-0.1, -0.05) is 44.2 Å². The second kappa shape index (κ2) is 3.12. The van der Waals surface area contributed by atoms with E-state index in [0.29, 0.717) is 11.8 Å². The minimum absolute atomic E-state index is 0.230. The summed E-state index contributed by atoms with van der Waals surface area (Å²) in [5, 5.41) is 11.7. The fraction of sp³-hybridized carbons (Fsp3) is 0.417. The smallest absolute Gasteiger partial charge is 0.0478 e. The maximum Gasteiger partial charge on any atom is 0.0478 e. The molecule has 1 aromatic rings. The summed E-state index contributed by atoms with van der Waals surface area (Å²) in [6.07, 6.45) is 1.65. The summed E-state index contributed by atoms with van der Waals surface area (Å²) < 4.78 is 0. The minimum Gasteiger partial charge on any atom is -0.411 e. The molecule has 1 fully saturated rings. The van der Waals surface area contributed by atoms with Crippen LogP contribution in [0, 0.1) is 11.3 Å². The van der Waals surface area contributed by atoms with Crippen LogP contribution in [0.25, 0.3) is 0 Å². The Morgan fingerprint density at radius 2 is 1.93 bits per heavy atom. The van der Waals surface area contributed by atoms with Gasteiger partial charge >= 0.3 is 0 Å². The first-order chi connectivity index (χ1) is 6.68. The third kappa shape index (κ3) is 1.31. The highest BCUT2D eigenvalue weighted by molar-refractivity contribution is 5.69. The lowest BCUT2D eigenvalue weighted by molar-refractivity contribution is 0.319. The number of rotatable bonds is 2. The SMILES string of the molecule is CC1(C)[C@@H](/C=N/O)[C@@H]1c1ccccc1. The molecule has 0 saturated heterocycles. The quantitative estimate of drug-likeness (QED) is 0.433. The number of benzene rings is 1. The largest absolute Gasteiger partial charge is 0.411 e. The van der Waals surface area contributed by atoms with E-state index >= 15 is 0 Å². The van der Waals surface area contributed by atoms with E-state index in [0.717, 1.165) is 0 Å². The van der Waals surface area contributed by atoms with E-state index in [2.05, 4.69) is 43.3 Å². The van der Waals surface area contributed by atoms with Gasteiger partial charge in [0, 0.05) is 12.1 Å². The van der Waals surface area contributed by atoms with E-state index in [9.17, 15) is 0 Å². The maximum absolute atomic E-state index is 8.54. The average molecular weight is 189 g/mol. The summed E-state index contributed by atoms with van der Waals surface area (Å²) in [4.78, 5) is 0. The molecule has 1 N–H and O–H groups in total. The van der Waals surface area contributed by atoms with E-state index in [1.807, 2.05) is 6.07 Å². The van der Waals surface area contributed by atoms with Gasteiger partial charge in [0.2, 0.25) is 0 Å². The second-order valence-electron chi connectivity index (χ2n) is 4.50. The highest BCUT2D eigenvalue weighted by atomic mass is 16.4. The van der Waals surface area contributed by atoms with Crippen LogP contribution in [-0.2, 0) is 0 Å². The van der Waals surface area contributed by atoms with Gasteiger partial charge in [-0.3, -0.25) is 0 Å². The molecule has 2 heteroatoms. The van der Waals surface area contributed by atoms with Crippen LogP contribution in [0.15, 0.2) is 35.5 Å². The van der Waals surface area contributed by atoms with Gasteiger partial charge in [-0.2, -0.15) is 0 Å². The van der Waals surface area contributed by atoms with Crippen molar-refractivity contribution in [2.45, 2.75) is 19.8 Å². The third-order valence-corrected chi connectivity index (χ3v) is 3.30. The molecule has 0 aromatic heterocycles. The molecule has 2 nitrogen and oxygen atoms in total. The highest BCUT2D eigenvalue weighted by Crippen LogP contribution is 2.63. The zero-order valence-electron chi connectivity index (χ0n) is 8.51. The maximum atomic E-state index is 8.54. The molecule has 0 heterocycles. The van der Waals surface area contributed by atoms with Crippen LogP contribution in [0.4, 0.5) is 0 Å². The average Bonchev–Trinajstić information content (AvgIpc) is 2.71. The van der Waals surface area contributed by atoms with Gasteiger partial charge < -0.3 is 5.21 Å². The van der Waals surface area contributed by atoms with Crippen LogP contribution < -0.4 is 0 Å². The Bertz CT molecular complexity index is 343. The molecule has 0 aliphatic heterocycles. The Balaban J connectivity index is 2.23. The van der Waals surface area contributed by atoms with Crippen molar-refractivity contribution in [2.75, 3.05) is 0 Å². The zero-order valence-corrected chi connectivity index (χ0v) is 8.51. The van der Waals surface area contributed by atoms with Crippen molar-refractivity contribution in [1.29, 1.82) is 0 Å². The molecule has 0 bridgehead atoms. The number of oxime groups is 1. The monoisotopic (exact) mass is 189 g/mol. The fourth-order valence-corrected chi connectivity index (χ4v) is 2.32. The molecule has 14 heavy (non-hydrogen) atoms. The lowest BCUT2D eigenvalue weighted by atomic mass is 10.0. The van der Waals surface area contributed by atoms with Crippen molar-refractivity contribution in [3.05, 3.63) is 35.9 Å². The molecule has 0 unspecified atom stereocenters. The molecular formula is C12H15NO. The van der Waals surface area contributed by atoms with Crippen LogP contribution in [0.1, 0.15) is 25.3 Å². The van der Waals surface area contributed by atoms with Crippen LogP contribution in [0.5, 0.6) is 0 Å². The fourth-order valence-electron chi connectivity index (χ4n) is 2.32. The molecule has 74 valence electrons. The summed E-state index contributed by atoms with van der Waals surface area (Å²) in [5.41, 5.74) is 1.57. The Hall–Kier alpha value is -1.31. The number of hydrogen-bond acceptors (Lipinski definition) is 2. The first kappa shape index (κ1) is 9.25. The summed E-state index contributed by atoms with van der Waals surface area (Å²) in [7, 11) is 0. The summed E-state index contributed by atoms with van der Waals surface area (Å²) in [6.45, 7) is 4.41. The first-order valence-corrected chi connectivity index (χ1v) is 4.90. The van der Waals surface area contributed by atoms with E-state index in [1.54, 1.807) is 6.21 Å². The highest BCUT2D eigenvalue weighted by Gasteiger charge is 2.57. The molecule has 1 aliphatic carbocycles. The van der Waals surface area contributed by atoms with Gasteiger partial charge in [-0.05, 0) is 16.9 Å². The Labute approximate surface area is 84.3 Å². The summed E-state index contributed by atoms with van der Waals surface area (Å²) >= 11 is 0. The van der Waals surface area contributed by atoms with Crippen LogP contribution in [-0.4, -0.2) is 11.4 Å². The standard InChI is InChI=1S/C12H15NO/c1-12(2)10(8-13-14)11(12)9-6-4-3-5-7-9/h3-8,10-11,14H,1-2H3/b13-8+/t10-,11-/m0/s1. The molecule has 0 spiro atoms. The lowest BCUT2D eigenvalue weighted by Crippen LogP contribution is -1.90. The predicted octanol–water partition coefficient (Wildman–Crippen LogP) is 2.89. The molecule has 1 aliphatic rings. The van der Waals surface area contributed by atoms with E-state index in [1.165, 1.54) is 5.56 Å². The van der Waals surface area contributed by atoms with Gasteiger partial charge in [0.15, 0.2) is 0 Å². The van der Waals surface area contributed by atoms with Crippen molar-refractivity contribution >= 4 is 6.21 Å². The second-order valence-corrected chi connectivity index (χ2v) is 4.50. The number of nitrogens with zero attached hydrogens (tertiary/aromatic N) is 1. The van der Waals surface area contributed by atoms with Gasteiger partial charge in [-0.15, -0.1) is 5.16 Å². The van der Waals surface area contributed by atoms with Gasteiger partial charge in [0.1, 0.15) is 0 Å². The first-order valence-electron chi connectivity index (χ1n) is 4.90. The summed E-state index contributed by atoms with van der Waals surface area (Å²) in [5.74, 6) is 0.870. The van der Waals surface area contributed by atoms with Gasteiger partial charge in [0.25, 0.3) is 0 Å². The molecule has 2 rings (SSSR count). The van der Waals surface area contributed by atoms with E-state index in [-0.39, 0.29) is 5.41 Å². The Morgan fingerprint density at radius 1 is 1.29 bits per heavy atom. The van der Waals surface area contributed by atoms with Crippen molar-refractivity contribution in [2.24, 2.45) is 16.5 Å². The minimum atomic E-state index is 0.230. The molecule has 0 radical (unpaired) electrons. The molecule has 1 saturated carbocycles. The summed E-state index contributed by atoms with van der Waals surface area (Å²) in [6, 6.07) is 10.4.